The van der Waals surface area contributed by atoms with Gasteiger partial charge in [-0.15, -0.1) is 0 Å². The van der Waals surface area contributed by atoms with E-state index in [0.29, 0.717) is 14.8 Å². The molecule has 1 heterocycles. The number of halogens is 1. The lowest BCUT2D eigenvalue weighted by Gasteiger charge is -2.06. The van der Waals surface area contributed by atoms with Crippen molar-refractivity contribution in [1.82, 2.24) is 4.98 Å². The number of nitrogens with zero attached hydrogens (tertiary/aromatic N) is 1. The smallest absolute Gasteiger partial charge is 0.354 e. The Morgan fingerprint density at radius 2 is 1.95 bits per heavy atom. The highest BCUT2D eigenvalue weighted by atomic mass is 127. The minimum atomic E-state index is -1.13. The maximum Gasteiger partial charge on any atom is 0.354 e. The Morgan fingerprint density at radius 1 is 1.20 bits per heavy atom. The SMILES string of the molecule is O=C(Nc1ccc(C(=O)O)nc1)c1ccc(I)c(O)c1. The van der Waals surface area contributed by atoms with Crippen LogP contribution in [0.3, 0.4) is 0 Å². The van der Waals surface area contributed by atoms with Crippen LogP contribution in [0, 0.1) is 3.57 Å². The maximum absolute atomic E-state index is 11.9. The summed E-state index contributed by atoms with van der Waals surface area (Å²) in [6, 6.07) is 7.30. The van der Waals surface area contributed by atoms with Crippen molar-refractivity contribution < 1.29 is 19.8 Å². The standard InChI is InChI=1S/C13H9IN2O4/c14-9-3-1-7(5-11(9)17)12(18)16-8-2-4-10(13(19)20)15-6-8/h1-6,17H,(H,16,18)(H,19,20). The molecule has 0 atom stereocenters. The molecule has 6 nitrogen and oxygen atoms in total. The molecule has 1 aromatic heterocycles. The molecule has 0 saturated carbocycles. The number of phenolic OH excluding ortho intramolecular Hbond substituents is 1. The Balaban J connectivity index is 2.14. The molecule has 0 spiro atoms. The number of phenols is 1. The van der Waals surface area contributed by atoms with Crippen LogP contribution in [0.25, 0.3) is 0 Å². The third-order valence-electron chi connectivity index (χ3n) is 2.45. The molecular formula is C13H9IN2O4. The maximum atomic E-state index is 11.9. The second-order valence-corrected chi connectivity index (χ2v) is 5.02. The number of hydrogen-bond donors (Lipinski definition) is 3. The number of carbonyl (C=O) groups excluding carboxylic acids is 1. The van der Waals surface area contributed by atoms with E-state index in [-0.39, 0.29) is 11.4 Å². The number of aromatic nitrogens is 1. The van der Waals surface area contributed by atoms with Crippen LogP contribution >= 0.6 is 22.6 Å². The van der Waals surface area contributed by atoms with Gasteiger partial charge < -0.3 is 15.5 Å². The fraction of sp³-hybridized carbons (Fsp3) is 0. The van der Waals surface area contributed by atoms with Gasteiger partial charge in [-0.3, -0.25) is 4.79 Å². The number of amides is 1. The number of benzene rings is 1. The van der Waals surface area contributed by atoms with Gasteiger partial charge in [0.15, 0.2) is 0 Å². The first-order valence-electron chi connectivity index (χ1n) is 5.46. The Labute approximate surface area is 127 Å². The van der Waals surface area contributed by atoms with E-state index in [1.165, 1.54) is 24.4 Å². The highest BCUT2D eigenvalue weighted by Crippen LogP contribution is 2.21. The molecule has 0 aliphatic heterocycles. The van der Waals surface area contributed by atoms with E-state index < -0.39 is 11.9 Å². The van der Waals surface area contributed by atoms with Gasteiger partial charge in [-0.2, -0.15) is 0 Å². The molecule has 0 bridgehead atoms. The van der Waals surface area contributed by atoms with E-state index in [2.05, 4.69) is 10.3 Å². The predicted molar refractivity (Wildman–Crippen MR) is 80.0 cm³/mol. The van der Waals surface area contributed by atoms with Gasteiger partial charge in [-0.05, 0) is 52.9 Å². The molecule has 7 heteroatoms. The van der Waals surface area contributed by atoms with Crippen LogP contribution in [0.2, 0.25) is 0 Å². The summed E-state index contributed by atoms with van der Waals surface area (Å²) in [5.74, 6) is -1.52. The molecule has 0 aliphatic rings. The molecular weight excluding hydrogens is 375 g/mol. The summed E-state index contributed by atoms with van der Waals surface area (Å²) in [6.45, 7) is 0. The van der Waals surface area contributed by atoms with Crippen LogP contribution < -0.4 is 5.32 Å². The minimum Gasteiger partial charge on any atom is -0.507 e. The first kappa shape index (κ1) is 14.3. The summed E-state index contributed by atoms with van der Waals surface area (Å²) in [7, 11) is 0. The van der Waals surface area contributed by atoms with Crippen molar-refractivity contribution in [2.45, 2.75) is 0 Å². The average molecular weight is 384 g/mol. The molecule has 0 aliphatic carbocycles. The van der Waals surface area contributed by atoms with E-state index >= 15 is 0 Å². The van der Waals surface area contributed by atoms with E-state index in [1.807, 2.05) is 22.6 Å². The van der Waals surface area contributed by atoms with Gasteiger partial charge in [0.25, 0.3) is 5.91 Å². The van der Waals surface area contributed by atoms with Gasteiger partial charge in [0, 0.05) is 5.56 Å². The molecule has 0 saturated heterocycles. The lowest BCUT2D eigenvalue weighted by Crippen LogP contribution is -2.12. The van der Waals surface area contributed by atoms with E-state index in [1.54, 1.807) is 12.1 Å². The fourth-order valence-electron chi connectivity index (χ4n) is 1.45. The predicted octanol–water partition coefficient (Wildman–Crippen LogP) is 2.34. The molecule has 0 radical (unpaired) electrons. The summed E-state index contributed by atoms with van der Waals surface area (Å²) in [5, 5.41) is 20.8. The van der Waals surface area contributed by atoms with Crippen LogP contribution in [0.5, 0.6) is 5.75 Å². The Kier molecular flexibility index (Phi) is 4.18. The normalized spacial score (nSPS) is 10.1. The minimum absolute atomic E-state index is 0.0256. The third-order valence-corrected chi connectivity index (χ3v) is 3.36. The van der Waals surface area contributed by atoms with Crippen LogP contribution in [0.4, 0.5) is 5.69 Å². The number of aromatic carboxylic acids is 1. The van der Waals surface area contributed by atoms with Gasteiger partial charge >= 0.3 is 5.97 Å². The second-order valence-electron chi connectivity index (χ2n) is 3.86. The van der Waals surface area contributed by atoms with Crippen molar-refractivity contribution in [1.29, 1.82) is 0 Å². The van der Waals surface area contributed by atoms with E-state index in [0.717, 1.165) is 0 Å². The van der Waals surface area contributed by atoms with Gasteiger partial charge in [0.2, 0.25) is 0 Å². The average Bonchev–Trinajstić information content (AvgIpc) is 2.42. The number of aromatic hydroxyl groups is 1. The summed E-state index contributed by atoms with van der Waals surface area (Å²) in [4.78, 5) is 26.3. The summed E-state index contributed by atoms with van der Waals surface area (Å²) in [5.41, 5.74) is 0.568. The number of pyridine rings is 1. The Hall–Kier alpha value is -2.16. The highest BCUT2D eigenvalue weighted by molar-refractivity contribution is 14.1. The fourth-order valence-corrected chi connectivity index (χ4v) is 1.79. The highest BCUT2D eigenvalue weighted by Gasteiger charge is 2.10. The zero-order valence-corrected chi connectivity index (χ0v) is 12.2. The van der Waals surface area contributed by atoms with E-state index in [4.69, 9.17) is 5.11 Å². The topological polar surface area (TPSA) is 99.5 Å². The zero-order chi connectivity index (χ0) is 14.7. The number of anilines is 1. The number of carboxylic acid groups (broad SMARTS) is 1. The summed E-state index contributed by atoms with van der Waals surface area (Å²) >= 11 is 1.95. The molecule has 1 aromatic carbocycles. The zero-order valence-electron chi connectivity index (χ0n) is 10.0. The number of hydrogen-bond acceptors (Lipinski definition) is 4. The van der Waals surface area contributed by atoms with Crippen molar-refractivity contribution in [3.8, 4) is 5.75 Å². The van der Waals surface area contributed by atoms with Crippen LogP contribution in [0.1, 0.15) is 20.8 Å². The molecule has 20 heavy (non-hydrogen) atoms. The molecule has 2 rings (SSSR count). The monoisotopic (exact) mass is 384 g/mol. The van der Waals surface area contributed by atoms with Crippen molar-refractivity contribution in [2.75, 3.05) is 5.32 Å². The van der Waals surface area contributed by atoms with Crippen LogP contribution in [-0.4, -0.2) is 27.1 Å². The van der Waals surface area contributed by atoms with Gasteiger partial charge in [0.1, 0.15) is 11.4 Å². The van der Waals surface area contributed by atoms with E-state index in [9.17, 15) is 14.7 Å². The van der Waals surface area contributed by atoms with Gasteiger partial charge in [0.05, 0.1) is 15.5 Å². The first-order chi connectivity index (χ1) is 9.47. The lowest BCUT2D eigenvalue weighted by atomic mass is 10.2. The van der Waals surface area contributed by atoms with Crippen molar-refractivity contribution in [3.63, 3.8) is 0 Å². The molecule has 3 N–H and O–H groups in total. The Bertz CT molecular complexity index is 671. The van der Waals surface area contributed by atoms with Crippen LogP contribution in [-0.2, 0) is 0 Å². The van der Waals surface area contributed by atoms with Crippen molar-refractivity contribution >= 4 is 40.2 Å². The Morgan fingerprint density at radius 3 is 2.50 bits per heavy atom. The molecule has 0 fully saturated rings. The molecule has 2 aromatic rings. The third kappa shape index (κ3) is 3.23. The lowest BCUT2D eigenvalue weighted by molar-refractivity contribution is 0.0690. The summed E-state index contributed by atoms with van der Waals surface area (Å²) < 4.78 is 0.645. The number of carboxylic acids is 1. The van der Waals surface area contributed by atoms with Gasteiger partial charge in [-0.1, -0.05) is 0 Å². The second kappa shape index (κ2) is 5.87. The molecule has 102 valence electrons. The van der Waals surface area contributed by atoms with Crippen LogP contribution in [0.15, 0.2) is 36.5 Å². The summed E-state index contributed by atoms with van der Waals surface area (Å²) in [6.07, 6.45) is 1.26. The first-order valence-corrected chi connectivity index (χ1v) is 6.54. The number of nitrogens with one attached hydrogen (secondary N) is 1. The number of carbonyl (C=O) groups is 2. The molecule has 1 amide bonds. The molecule has 0 unspecified atom stereocenters. The quantitative estimate of drug-likeness (QED) is 0.706. The largest absolute Gasteiger partial charge is 0.507 e. The number of rotatable bonds is 3. The van der Waals surface area contributed by atoms with Crippen molar-refractivity contribution in [2.24, 2.45) is 0 Å². The van der Waals surface area contributed by atoms with Gasteiger partial charge in [-0.25, -0.2) is 9.78 Å². The van der Waals surface area contributed by atoms with Crippen molar-refractivity contribution in [3.05, 3.63) is 51.4 Å².